The summed E-state index contributed by atoms with van der Waals surface area (Å²) in [5, 5.41) is 8.24. The maximum Gasteiger partial charge on any atom is 0.161 e. The molecule has 1 aromatic heterocycles. The van der Waals surface area contributed by atoms with Gasteiger partial charge in [-0.3, -0.25) is 0 Å². The van der Waals surface area contributed by atoms with E-state index in [2.05, 4.69) is 0 Å². The molecule has 11 heavy (non-hydrogen) atoms. The molecule has 0 saturated carbocycles. The molecule has 0 aromatic carbocycles. The van der Waals surface area contributed by atoms with E-state index in [1.165, 1.54) is 6.07 Å². The Labute approximate surface area is 63.2 Å². The van der Waals surface area contributed by atoms with Crippen LogP contribution in [-0.4, -0.2) is 0 Å². The Morgan fingerprint density at radius 3 is 3.00 bits per heavy atom. The highest BCUT2D eigenvalue weighted by Crippen LogP contribution is 2.15. The lowest BCUT2D eigenvalue weighted by Gasteiger charge is -1.99. The first kappa shape index (κ1) is 7.76. The number of nitrogens with two attached hydrogens (primary N) is 1. The molecule has 0 bridgehead atoms. The molecule has 1 aromatic rings. The van der Waals surface area contributed by atoms with Gasteiger partial charge in [0.05, 0.1) is 18.5 Å². The molecule has 0 amide bonds. The van der Waals surface area contributed by atoms with Gasteiger partial charge in [-0.25, -0.2) is 4.39 Å². The molecular formula is C7H7FN2O. The largest absolute Gasteiger partial charge is 0.464 e. The van der Waals surface area contributed by atoms with Crippen molar-refractivity contribution in [3.63, 3.8) is 0 Å². The maximum absolute atomic E-state index is 12.3. The average molecular weight is 154 g/mol. The summed E-state index contributed by atoms with van der Waals surface area (Å²) in [6, 6.07) is 2.53. The number of nitriles is 1. The summed E-state index contributed by atoms with van der Waals surface area (Å²) >= 11 is 0. The van der Waals surface area contributed by atoms with Gasteiger partial charge in [-0.2, -0.15) is 5.26 Å². The van der Waals surface area contributed by atoms with Crippen LogP contribution in [0, 0.1) is 17.1 Å². The standard InChI is InChI=1S/C7H7FN2O/c8-5-3-7(11-4-5)6(10)1-2-9/h3-4,6H,1,10H2. The number of halogens is 1. The lowest BCUT2D eigenvalue weighted by Crippen LogP contribution is -2.07. The molecule has 1 heterocycles. The molecule has 1 rings (SSSR count). The van der Waals surface area contributed by atoms with Crippen LogP contribution in [0.1, 0.15) is 18.2 Å². The SMILES string of the molecule is N#CCC(N)c1cc(F)co1. The van der Waals surface area contributed by atoms with Crippen molar-refractivity contribution in [1.29, 1.82) is 5.26 Å². The van der Waals surface area contributed by atoms with Crippen molar-refractivity contribution >= 4 is 0 Å². The topological polar surface area (TPSA) is 63.0 Å². The van der Waals surface area contributed by atoms with Gasteiger partial charge < -0.3 is 10.2 Å². The van der Waals surface area contributed by atoms with Crippen LogP contribution < -0.4 is 5.73 Å². The molecule has 4 heteroatoms. The van der Waals surface area contributed by atoms with E-state index in [1.807, 2.05) is 6.07 Å². The van der Waals surface area contributed by atoms with Crippen molar-refractivity contribution < 1.29 is 8.81 Å². The zero-order valence-electron chi connectivity index (χ0n) is 5.75. The predicted octanol–water partition coefficient (Wildman–Crippen LogP) is 1.33. The number of furan rings is 1. The lowest BCUT2D eigenvalue weighted by atomic mass is 10.2. The van der Waals surface area contributed by atoms with Crippen molar-refractivity contribution in [2.45, 2.75) is 12.5 Å². The van der Waals surface area contributed by atoms with Crippen LogP contribution in [0.3, 0.4) is 0 Å². The minimum Gasteiger partial charge on any atom is -0.464 e. The molecule has 1 atom stereocenters. The highest BCUT2D eigenvalue weighted by molar-refractivity contribution is 5.07. The van der Waals surface area contributed by atoms with Crippen molar-refractivity contribution in [1.82, 2.24) is 0 Å². The molecule has 0 radical (unpaired) electrons. The molecule has 0 aliphatic rings. The van der Waals surface area contributed by atoms with Crippen LogP contribution in [0.25, 0.3) is 0 Å². The van der Waals surface area contributed by atoms with Gasteiger partial charge in [0.15, 0.2) is 5.82 Å². The lowest BCUT2D eigenvalue weighted by molar-refractivity contribution is 0.460. The third-order valence-corrected chi connectivity index (χ3v) is 1.26. The fraction of sp³-hybridized carbons (Fsp3) is 0.286. The number of rotatable bonds is 2. The first-order chi connectivity index (χ1) is 5.24. The Kier molecular flexibility index (Phi) is 2.24. The first-order valence-corrected chi connectivity index (χ1v) is 3.10. The molecule has 0 aliphatic heterocycles. The summed E-state index contributed by atoms with van der Waals surface area (Å²) < 4.78 is 17.0. The fourth-order valence-electron chi connectivity index (χ4n) is 0.722. The van der Waals surface area contributed by atoms with Crippen molar-refractivity contribution in [2.24, 2.45) is 5.73 Å². The molecule has 2 N–H and O–H groups in total. The number of hydrogen-bond donors (Lipinski definition) is 1. The second-order valence-corrected chi connectivity index (χ2v) is 2.14. The fourth-order valence-corrected chi connectivity index (χ4v) is 0.722. The molecule has 1 unspecified atom stereocenters. The predicted molar refractivity (Wildman–Crippen MR) is 35.8 cm³/mol. The van der Waals surface area contributed by atoms with Crippen LogP contribution in [0.15, 0.2) is 16.7 Å². The van der Waals surface area contributed by atoms with E-state index in [-0.39, 0.29) is 6.42 Å². The van der Waals surface area contributed by atoms with Gasteiger partial charge in [0.25, 0.3) is 0 Å². The third-order valence-electron chi connectivity index (χ3n) is 1.26. The van der Waals surface area contributed by atoms with E-state index < -0.39 is 11.9 Å². The van der Waals surface area contributed by atoms with Gasteiger partial charge in [-0.05, 0) is 0 Å². The van der Waals surface area contributed by atoms with E-state index in [9.17, 15) is 4.39 Å². The van der Waals surface area contributed by atoms with Crippen LogP contribution in [0.2, 0.25) is 0 Å². The molecule has 3 nitrogen and oxygen atoms in total. The molecule has 58 valence electrons. The van der Waals surface area contributed by atoms with E-state index >= 15 is 0 Å². The van der Waals surface area contributed by atoms with Crippen LogP contribution in [-0.2, 0) is 0 Å². The highest BCUT2D eigenvalue weighted by Gasteiger charge is 2.09. The summed E-state index contributed by atoms with van der Waals surface area (Å²) in [5.41, 5.74) is 5.44. The van der Waals surface area contributed by atoms with Crippen molar-refractivity contribution in [2.75, 3.05) is 0 Å². The van der Waals surface area contributed by atoms with Gasteiger partial charge in [0, 0.05) is 6.07 Å². The van der Waals surface area contributed by atoms with Crippen LogP contribution in [0.4, 0.5) is 4.39 Å². The normalized spacial score (nSPS) is 12.5. The summed E-state index contributed by atoms with van der Waals surface area (Å²) in [6.07, 6.45) is 1.10. The summed E-state index contributed by atoms with van der Waals surface area (Å²) in [6.45, 7) is 0. The van der Waals surface area contributed by atoms with Gasteiger partial charge in [-0.1, -0.05) is 0 Å². The smallest absolute Gasteiger partial charge is 0.161 e. The Bertz CT molecular complexity index is 276. The summed E-state index contributed by atoms with van der Waals surface area (Å²) in [4.78, 5) is 0. The molecule has 0 spiro atoms. The minimum absolute atomic E-state index is 0.132. The summed E-state index contributed by atoms with van der Waals surface area (Å²) in [5.74, 6) is -0.155. The second-order valence-electron chi connectivity index (χ2n) is 2.14. The van der Waals surface area contributed by atoms with E-state index in [1.54, 1.807) is 0 Å². The summed E-state index contributed by atoms with van der Waals surface area (Å²) in [7, 11) is 0. The Morgan fingerprint density at radius 2 is 2.55 bits per heavy atom. The highest BCUT2D eigenvalue weighted by atomic mass is 19.1. The third kappa shape index (κ3) is 1.79. The van der Waals surface area contributed by atoms with Crippen molar-refractivity contribution in [3.05, 3.63) is 23.9 Å². The van der Waals surface area contributed by atoms with Gasteiger partial charge in [-0.15, -0.1) is 0 Å². The first-order valence-electron chi connectivity index (χ1n) is 3.10. The zero-order valence-corrected chi connectivity index (χ0v) is 5.75. The monoisotopic (exact) mass is 154 g/mol. The van der Waals surface area contributed by atoms with Crippen molar-refractivity contribution in [3.8, 4) is 6.07 Å². The quantitative estimate of drug-likeness (QED) is 0.698. The van der Waals surface area contributed by atoms with E-state index in [4.69, 9.17) is 15.4 Å². The second kappa shape index (κ2) is 3.17. The van der Waals surface area contributed by atoms with E-state index in [0.717, 1.165) is 6.26 Å². The molecule has 0 fully saturated rings. The van der Waals surface area contributed by atoms with Gasteiger partial charge in [0.2, 0.25) is 0 Å². The Balaban J connectivity index is 2.70. The Hall–Kier alpha value is -1.34. The van der Waals surface area contributed by atoms with E-state index in [0.29, 0.717) is 5.76 Å². The molecule has 0 saturated heterocycles. The Morgan fingerprint density at radius 1 is 1.82 bits per heavy atom. The van der Waals surface area contributed by atoms with Crippen LogP contribution >= 0.6 is 0 Å². The average Bonchev–Trinajstić information content (AvgIpc) is 2.36. The number of hydrogen-bond acceptors (Lipinski definition) is 3. The van der Waals surface area contributed by atoms with Gasteiger partial charge in [0.1, 0.15) is 12.0 Å². The molecule has 0 aliphatic carbocycles. The zero-order chi connectivity index (χ0) is 8.27. The van der Waals surface area contributed by atoms with Crippen LogP contribution in [0.5, 0.6) is 0 Å². The minimum atomic E-state index is -0.524. The van der Waals surface area contributed by atoms with Gasteiger partial charge >= 0.3 is 0 Å². The maximum atomic E-state index is 12.3. The molecular weight excluding hydrogens is 147 g/mol. The number of nitrogens with zero attached hydrogens (tertiary/aromatic N) is 1.